The topological polar surface area (TPSA) is 67.9 Å². The molecule has 0 spiro atoms. The first-order chi connectivity index (χ1) is 13.6. The molecule has 0 aliphatic carbocycles. The Balaban J connectivity index is 2.34. The predicted molar refractivity (Wildman–Crippen MR) is 122 cm³/mol. The van der Waals surface area contributed by atoms with E-state index < -0.39 is 19.1 Å². The maximum absolute atomic E-state index is 13.5. The lowest BCUT2D eigenvalue weighted by atomic mass is 10.0. The molecule has 0 fully saturated rings. The van der Waals surface area contributed by atoms with Crippen molar-refractivity contribution in [1.82, 2.24) is 9.62 Å². The van der Waals surface area contributed by atoms with E-state index in [0.717, 1.165) is 10.5 Å². The van der Waals surface area contributed by atoms with Crippen molar-refractivity contribution in [3.05, 3.63) is 22.7 Å². The summed E-state index contributed by atoms with van der Waals surface area (Å²) < 4.78 is 41.7. The SMILES string of the molecule is CNCC1Oc2cc(Br)ccc2S(=O)(=O)N(C(C)CO[Si](C)CC(C)C)CC1C. The van der Waals surface area contributed by atoms with Gasteiger partial charge >= 0.3 is 0 Å². The van der Waals surface area contributed by atoms with Gasteiger partial charge in [0.1, 0.15) is 16.7 Å². The average Bonchev–Trinajstić information content (AvgIpc) is 2.62. The zero-order valence-corrected chi connectivity index (χ0v) is 21.6. The minimum Gasteiger partial charge on any atom is -0.487 e. The summed E-state index contributed by atoms with van der Waals surface area (Å²) >= 11 is 3.43. The molecular weight excluding hydrogens is 472 g/mol. The molecule has 1 aromatic carbocycles. The van der Waals surface area contributed by atoms with Crippen LogP contribution in [0.4, 0.5) is 0 Å². The lowest BCUT2D eigenvalue weighted by Crippen LogP contribution is -2.49. The van der Waals surface area contributed by atoms with Gasteiger partial charge in [0.2, 0.25) is 19.1 Å². The maximum Gasteiger partial charge on any atom is 0.247 e. The fraction of sp³-hybridized carbons (Fsp3) is 0.700. The number of fused-ring (bicyclic) bond motifs is 1. The van der Waals surface area contributed by atoms with E-state index in [1.807, 2.05) is 20.9 Å². The number of hydrogen-bond donors (Lipinski definition) is 1. The summed E-state index contributed by atoms with van der Waals surface area (Å²) in [5.41, 5.74) is 0. The van der Waals surface area contributed by atoms with Gasteiger partial charge in [0, 0.05) is 29.5 Å². The molecule has 1 radical (unpaired) electrons. The van der Waals surface area contributed by atoms with Crippen LogP contribution >= 0.6 is 15.9 Å². The third kappa shape index (κ3) is 6.51. The van der Waals surface area contributed by atoms with Crippen molar-refractivity contribution in [1.29, 1.82) is 0 Å². The summed E-state index contributed by atoms with van der Waals surface area (Å²) in [5, 5.41) is 3.16. The lowest BCUT2D eigenvalue weighted by molar-refractivity contribution is 0.105. The van der Waals surface area contributed by atoms with Crippen molar-refractivity contribution in [2.24, 2.45) is 11.8 Å². The summed E-state index contributed by atoms with van der Waals surface area (Å²) in [7, 11) is -2.76. The maximum atomic E-state index is 13.5. The Morgan fingerprint density at radius 3 is 2.69 bits per heavy atom. The molecule has 165 valence electrons. The molecular formula is C20H34BrN2O4SSi. The molecule has 0 bridgehead atoms. The second-order valence-corrected chi connectivity index (χ2v) is 13.2. The Hall–Kier alpha value is -0.453. The molecule has 2 rings (SSSR count). The smallest absolute Gasteiger partial charge is 0.247 e. The number of nitrogens with zero attached hydrogens (tertiary/aromatic N) is 1. The molecule has 0 saturated heterocycles. The van der Waals surface area contributed by atoms with Gasteiger partial charge in [-0.3, -0.25) is 0 Å². The van der Waals surface area contributed by atoms with Gasteiger partial charge in [0.25, 0.3) is 0 Å². The number of rotatable bonds is 8. The summed E-state index contributed by atoms with van der Waals surface area (Å²) in [6.07, 6.45) is -0.133. The first kappa shape index (κ1) is 24.8. The number of halogens is 1. The Morgan fingerprint density at radius 1 is 1.38 bits per heavy atom. The summed E-state index contributed by atoms with van der Waals surface area (Å²) in [4.78, 5) is 0.213. The Kier molecular flexibility index (Phi) is 9.18. The number of likely N-dealkylation sites (N-methyl/N-ethyl adjacent to an activating group) is 1. The number of hydrogen-bond acceptors (Lipinski definition) is 5. The van der Waals surface area contributed by atoms with E-state index in [4.69, 9.17) is 9.16 Å². The molecule has 1 aliphatic rings. The van der Waals surface area contributed by atoms with Gasteiger partial charge < -0.3 is 14.5 Å². The molecule has 1 aromatic rings. The van der Waals surface area contributed by atoms with Crippen LogP contribution in [0.25, 0.3) is 0 Å². The van der Waals surface area contributed by atoms with E-state index in [1.165, 1.54) is 0 Å². The van der Waals surface area contributed by atoms with Gasteiger partial charge in [-0.1, -0.05) is 36.7 Å². The van der Waals surface area contributed by atoms with E-state index in [0.29, 0.717) is 31.4 Å². The van der Waals surface area contributed by atoms with E-state index in [-0.39, 0.29) is 23.0 Å². The van der Waals surface area contributed by atoms with Crippen LogP contribution in [-0.2, 0) is 14.4 Å². The van der Waals surface area contributed by atoms with Gasteiger partial charge in [-0.25, -0.2) is 8.42 Å². The van der Waals surface area contributed by atoms with Crippen LogP contribution in [0.15, 0.2) is 27.6 Å². The van der Waals surface area contributed by atoms with Crippen molar-refractivity contribution in [3.8, 4) is 5.75 Å². The zero-order valence-electron chi connectivity index (χ0n) is 18.2. The minimum atomic E-state index is -3.70. The highest BCUT2D eigenvalue weighted by Crippen LogP contribution is 2.35. The normalized spacial score (nSPS) is 23.3. The van der Waals surface area contributed by atoms with Gasteiger partial charge in [0.15, 0.2) is 0 Å². The molecule has 0 aromatic heterocycles. The van der Waals surface area contributed by atoms with Crippen LogP contribution in [0, 0.1) is 11.8 Å². The van der Waals surface area contributed by atoms with E-state index in [9.17, 15) is 8.42 Å². The number of nitrogens with one attached hydrogen (secondary N) is 1. The van der Waals surface area contributed by atoms with Crippen molar-refractivity contribution in [2.45, 2.75) is 57.3 Å². The van der Waals surface area contributed by atoms with E-state index in [1.54, 1.807) is 22.5 Å². The largest absolute Gasteiger partial charge is 0.487 e. The molecule has 3 unspecified atom stereocenters. The molecule has 3 atom stereocenters. The molecule has 1 aliphatic heterocycles. The van der Waals surface area contributed by atoms with Crippen molar-refractivity contribution in [2.75, 3.05) is 26.7 Å². The predicted octanol–water partition coefficient (Wildman–Crippen LogP) is 3.74. The molecule has 0 saturated carbocycles. The van der Waals surface area contributed by atoms with Crippen LogP contribution < -0.4 is 10.1 Å². The molecule has 6 nitrogen and oxygen atoms in total. The highest BCUT2D eigenvalue weighted by molar-refractivity contribution is 9.10. The van der Waals surface area contributed by atoms with Gasteiger partial charge in [-0.15, -0.1) is 0 Å². The van der Waals surface area contributed by atoms with E-state index >= 15 is 0 Å². The first-order valence-corrected chi connectivity index (χ1v) is 14.5. The number of benzene rings is 1. The number of ether oxygens (including phenoxy) is 1. The van der Waals surface area contributed by atoms with Crippen LogP contribution in [0.1, 0.15) is 27.7 Å². The lowest BCUT2D eigenvalue weighted by Gasteiger charge is -2.37. The fourth-order valence-electron chi connectivity index (χ4n) is 3.53. The van der Waals surface area contributed by atoms with Crippen LogP contribution in [0.5, 0.6) is 5.75 Å². The highest BCUT2D eigenvalue weighted by Gasteiger charge is 2.38. The Morgan fingerprint density at radius 2 is 2.07 bits per heavy atom. The summed E-state index contributed by atoms with van der Waals surface area (Å²) in [6, 6.07) is 5.90. The minimum absolute atomic E-state index is 0.0221. The van der Waals surface area contributed by atoms with Crippen LogP contribution in [0.3, 0.4) is 0 Å². The molecule has 29 heavy (non-hydrogen) atoms. The van der Waals surface area contributed by atoms with E-state index in [2.05, 4.69) is 41.6 Å². The molecule has 9 heteroatoms. The second-order valence-electron chi connectivity index (χ2n) is 8.32. The zero-order chi connectivity index (χ0) is 21.8. The fourth-order valence-corrected chi connectivity index (χ4v) is 7.49. The second kappa shape index (κ2) is 10.7. The molecule has 1 N–H and O–H groups in total. The third-order valence-electron chi connectivity index (χ3n) is 5.04. The Bertz CT molecular complexity index is 778. The van der Waals surface area contributed by atoms with Gasteiger partial charge in [0.05, 0.1) is 6.61 Å². The number of sulfonamides is 1. The van der Waals surface area contributed by atoms with Crippen LogP contribution in [0.2, 0.25) is 12.6 Å². The highest BCUT2D eigenvalue weighted by atomic mass is 79.9. The molecule has 0 amide bonds. The van der Waals surface area contributed by atoms with Crippen LogP contribution in [-0.4, -0.2) is 60.7 Å². The van der Waals surface area contributed by atoms with Crippen molar-refractivity contribution < 1.29 is 17.6 Å². The van der Waals surface area contributed by atoms with Crippen molar-refractivity contribution in [3.63, 3.8) is 0 Å². The summed E-state index contributed by atoms with van der Waals surface area (Å²) in [5.74, 6) is 0.998. The summed E-state index contributed by atoms with van der Waals surface area (Å²) in [6.45, 7) is 11.9. The average molecular weight is 507 g/mol. The standard InChI is InChI=1S/C20H34BrN2O4SSi/c1-14(2)13-29(6)26-12-16(4)23-11-15(3)19(10-22-5)27-18-9-17(21)7-8-20(18)28(23,24)25/h7-9,14-16,19,22H,10-13H2,1-6H3. The first-order valence-electron chi connectivity index (χ1n) is 10.1. The van der Waals surface area contributed by atoms with Gasteiger partial charge in [-0.05, 0) is 50.7 Å². The quantitative estimate of drug-likeness (QED) is 0.545. The third-order valence-corrected chi connectivity index (χ3v) is 9.60. The van der Waals surface area contributed by atoms with Crippen molar-refractivity contribution >= 4 is 35.0 Å². The monoisotopic (exact) mass is 505 g/mol. The molecule has 1 heterocycles. The van der Waals surface area contributed by atoms with Gasteiger partial charge in [-0.2, -0.15) is 4.31 Å². The Labute approximate surface area is 186 Å².